The van der Waals surface area contributed by atoms with Crippen molar-refractivity contribution in [3.05, 3.63) is 29.8 Å². The minimum absolute atomic E-state index is 0.413. The van der Waals surface area contributed by atoms with Crippen LogP contribution in [0.3, 0.4) is 0 Å². The molecule has 14 heavy (non-hydrogen) atoms. The van der Waals surface area contributed by atoms with Gasteiger partial charge in [-0.2, -0.15) is 13.2 Å². The smallest absolute Gasteiger partial charge is 0.410 e. The molecule has 1 aromatic rings. The zero-order chi connectivity index (χ0) is 10.6. The van der Waals surface area contributed by atoms with Crippen LogP contribution in [-0.4, -0.2) is 11.5 Å². The highest BCUT2D eigenvalue weighted by molar-refractivity contribution is 5.74. The molecule has 1 rings (SSSR count). The molecule has 0 aliphatic carbocycles. The van der Waals surface area contributed by atoms with Gasteiger partial charge in [0.15, 0.2) is 0 Å². The summed E-state index contributed by atoms with van der Waals surface area (Å²) in [5.41, 5.74) is -0.306. The van der Waals surface area contributed by atoms with E-state index in [0.29, 0.717) is 5.69 Å². The molecule has 2 N–H and O–H groups in total. The van der Waals surface area contributed by atoms with Crippen molar-refractivity contribution in [1.29, 1.82) is 0 Å². The van der Waals surface area contributed by atoms with E-state index in [1.54, 1.807) is 0 Å². The number of rotatable bonds is 2. The number of hydrogen-bond acceptors (Lipinski definition) is 2. The lowest BCUT2D eigenvalue weighted by atomic mass is 10.2. The molecular weight excluding hydrogens is 197 g/mol. The monoisotopic (exact) mass is 204 g/mol. The first-order valence-corrected chi connectivity index (χ1v) is 3.64. The second kappa shape index (κ2) is 3.99. The van der Waals surface area contributed by atoms with Crippen LogP contribution in [-0.2, 0) is 6.18 Å². The van der Waals surface area contributed by atoms with Gasteiger partial charge in [-0.1, -0.05) is 5.16 Å². The maximum Gasteiger partial charge on any atom is 0.416 e. The molecule has 0 radical (unpaired) electrons. The minimum Gasteiger partial charge on any atom is -0.410 e. The van der Waals surface area contributed by atoms with Gasteiger partial charge in [0.25, 0.3) is 0 Å². The van der Waals surface area contributed by atoms with Crippen LogP contribution in [0.5, 0.6) is 0 Å². The first kappa shape index (κ1) is 10.4. The van der Waals surface area contributed by atoms with Crippen LogP contribution in [0.2, 0.25) is 0 Å². The van der Waals surface area contributed by atoms with E-state index in [0.717, 1.165) is 18.5 Å². The number of alkyl halides is 3. The third kappa shape index (κ3) is 2.65. The molecule has 0 unspecified atom stereocenters. The van der Waals surface area contributed by atoms with Gasteiger partial charge in [-0.15, -0.1) is 0 Å². The molecule has 6 heteroatoms. The molecule has 0 atom stereocenters. The molecule has 0 aliphatic rings. The lowest BCUT2D eigenvalue weighted by Gasteiger charge is -2.06. The highest BCUT2D eigenvalue weighted by Crippen LogP contribution is 2.29. The van der Waals surface area contributed by atoms with Gasteiger partial charge in [-0.25, -0.2) is 0 Å². The first-order chi connectivity index (χ1) is 6.54. The Bertz CT molecular complexity index is 318. The maximum absolute atomic E-state index is 12.1. The maximum atomic E-state index is 12.1. The van der Waals surface area contributed by atoms with Gasteiger partial charge in [-0.3, -0.25) is 0 Å². The number of nitrogens with zero attached hydrogens (tertiary/aromatic N) is 1. The van der Waals surface area contributed by atoms with E-state index >= 15 is 0 Å². The summed E-state index contributed by atoms with van der Waals surface area (Å²) in [6.07, 6.45) is -3.37. The van der Waals surface area contributed by atoms with E-state index in [1.807, 2.05) is 0 Å². The zero-order valence-corrected chi connectivity index (χ0v) is 6.92. The van der Waals surface area contributed by atoms with Gasteiger partial charge in [0.1, 0.15) is 6.34 Å². The Morgan fingerprint density at radius 3 is 2.21 bits per heavy atom. The number of anilines is 1. The highest BCUT2D eigenvalue weighted by Gasteiger charge is 2.29. The lowest BCUT2D eigenvalue weighted by Crippen LogP contribution is -2.04. The molecule has 1 aromatic carbocycles. The summed E-state index contributed by atoms with van der Waals surface area (Å²) < 4.78 is 36.3. The third-order valence-corrected chi connectivity index (χ3v) is 1.50. The van der Waals surface area contributed by atoms with Crippen molar-refractivity contribution in [3.8, 4) is 0 Å². The fourth-order valence-corrected chi connectivity index (χ4v) is 0.859. The van der Waals surface area contributed by atoms with E-state index < -0.39 is 11.7 Å². The van der Waals surface area contributed by atoms with Crippen molar-refractivity contribution in [3.63, 3.8) is 0 Å². The summed E-state index contributed by atoms with van der Waals surface area (Å²) in [5, 5.41) is 13.1. The average molecular weight is 204 g/mol. The fraction of sp³-hybridized carbons (Fsp3) is 0.125. The first-order valence-electron chi connectivity index (χ1n) is 3.64. The number of oxime groups is 1. The second-order valence-electron chi connectivity index (χ2n) is 2.46. The van der Waals surface area contributed by atoms with E-state index in [9.17, 15) is 13.2 Å². The van der Waals surface area contributed by atoms with Crippen LogP contribution in [0.4, 0.5) is 18.9 Å². The Kier molecular flexibility index (Phi) is 2.95. The van der Waals surface area contributed by atoms with Crippen LogP contribution >= 0.6 is 0 Å². The highest BCUT2D eigenvalue weighted by atomic mass is 19.4. The molecule has 0 aliphatic heterocycles. The number of benzene rings is 1. The van der Waals surface area contributed by atoms with Gasteiger partial charge in [-0.05, 0) is 24.3 Å². The van der Waals surface area contributed by atoms with Gasteiger partial charge < -0.3 is 10.5 Å². The molecule has 0 spiro atoms. The van der Waals surface area contributed by atoms with Crippen molar-refractivity contribution in [1.82, 2.24) is 0 Å². The van der Waals surface area contributed by atoms with Crippen LogP contribution in [0.25, 0.3) is 0 Å². The molecule has 0 bridgehead atoms. The molecule has 0 amide bonds. The van der Waals surface area contributed by atoms with Crippen molar-refractivity contribution < 1.29 is 18.4 Å². The van der Waals surface area contributed by atoms with Crippen LogP contribution < -0.4 is 5.32 Å². The van der Waals surface area contributed by atoms with Crippen LogP contribution in [0, 0.1) is 0 Å². The summed E-state index contributed by atoms with van der Waals surface area (Å²) in [6, 6.07) is 4.36. The largest absolute Gasteiger partial charge is 0.416 e. The van der Waals surface area contributed by atoms with Crippen molar-refractivity contribution in [2.24, 2.45) is 5.16 Å². The standard InChI is InChI=1S/C8H7F3N2O/c9-8(10,11)6-1-3-7(4-2-6)12-5-13-14/h1-5,14H,(H,12,13). The van der Waals surface area contributed by atoms with Gasteiger partial charge in [0.2, 0.25) is 0 Å². The normalized spacial score (nSPS) is 11.9. The molecule has 0 saturated heterocycles. The van der Waals surface area contributed by atoms with E-state index in [1.165, 1.54) is 12.1 Å². The minimum atomic E-state index is -4.33. The average Bonchev–Trinajstić information content (AvgIpc) is 2.14. The SMILES string of the molecule is ON=CNc1ccc(C(F)(F)F)cc1. The van der Waals surface area contributed by atoms with Crippen LogP contribution in [0.1, 0.15) is 5.56 Å². The Labute approximate surface area is 77.9 Å². The molecule has 0 saturated carbocycles. The predicted octanol–water partition coefficient (Wildman–Crippen LogP) is 2.53. The summed E-state index contributed by atoms with van der Waals surface area (Å²) in [7, 11) is 0. The summed E-state index contributed by atoms with van der Waals surface area (Å²) in [4.78, 5) is 0. The molecule has 0 heterocycles. The van der Waals surface area contributed by atoms with Crippen LogP contribution in [0.15, 0.2) is 29.4 Å². The molecule has 0 fully saturated rings. The fourth-order valence-electron chi connectivity index (χ4n) is 0.859. The van der Waals surface area contributed by atoms with E-state index in [-0.39, 0.29) is 0 Å². The quantitative estimate of drug-likeness (QED) is 0.336. The summed E-state index contributed by atoms with van der Waals surface area (Å²) in [5.74, 6) is 0. The zero-order valence-electron chi connectivity index (χ0n) is 6.92. The van der Waals surface area contributed by atoms with Crippen molar-refractivity contribution >= 4 is 12.0 Å². The molecule has 0 aromatic heterocycles. The molecular formula is C8H7F3N2O. The van der Waals surface area contributed by atoms with Gasteiger partial charge >= 0.3 is 6.18 Å². The van der Waals surface area contributed by atoms with E-state index in [2.05, 4.69) is 10.5 Å². The third-order valence-electron chi connectivity index (χ3n) is 1.50. The van der Waals surface area contributed by atoms with Gasteiger partial charge in [0, 0.05) is 5.69 Å². The number of halogens is 3. The van der Waals surface area contributed by atoms with E-state index in [4.69, 9.17) is 5.21 Å². The van der Waals surface area contributed by atoms with Crippen molar-refractivity contribution in [2.45, 2.75) is 6.18 Å². The molecule has 76 valence electrons. The van der Waals surface area contributed by atoms with Crippen molar-refractivity contribution in [2.75, 3.05) is 5.32 Å². The molecule has 3 nitrogen and oxygen atoms in total. The van der Waals surface area contributed by atoms with Gasteiger partial charge in [0.05, 0.1) is 5.56 Å². The Morgan fingerprint density at radius 2 is 1.79 bits per heavy atom. The number of hydrogen-bond donors (Lipinski definition) is 2. The Balaban J connectivity index is 2.79. The number of nitrogens with one attached hydrogen (secondary N) is 1. The topological polar surface area (TPSA) is 44.6 Å². The second-order valence-corrected chi connectivity index (χ2v) is 2.46. The Hall–Kier alpha value is -1.72. The summed E-state index contributed by atoms with van der Waals surface area (Å²) >= 11 is 0. The Morgan fingerprint density at radius 1 is 1.21 bits per heavy atom. The predicted molar refractivity (Wildman–Crippen MR) is 45.3 cm³/mol. The summed E-state index contributed by atoms with van der Waals surface area (Å²) in [6.45, 7) is 0. The lowest BCUT2D eigenvalue weighted by molar-refractivity contribution is -0.137.